The number of carbonyl (C=O) groups is 1. The molecular weight excluding hydrogens is 342 g/mol. The summed E-state index contributed by atoms with van der Waals surface area (Å²) in [5.74, 6) is 2.84. The van der Waals surface area contributed by atoms with E-state index in [-0.39, 0.29) is 12.0 Å². The second-order valence-corrected chi connectivity index (χ2v) is 7.48. The average Bonchev–Trinajstić information content (AvgIpc) is 3.28. The summed E-state index contributed by atoms with van der Waals surface area (Å²) in [6.45, 7) is 5.13. The van der Waals surface area contributed by atoms with E-state index in [2.05, 4.69) is 22.3 Å². The highest BCUT2D eigenvalue weighted by molar-refractivity contribution is 5.98. The molecule has 1 amide bonds. The number of amides is 1. The molecular formula is C21H23N3O3. The fraction of sp³-hybridized carbons (Fsp3) is 0.429. The maximum atomic E-state index is 11.8. The molecule has 2 aromatic rings. The molecule has 0 atom stereocenters. The van der Waals surface area contributed by atoms with E-state index in [9.17, 15) is 4.79 Å². The summed E-state index contributed by atoms with van der Waals surface area (Å²) in [4.78, 5) is 18.9. The van der Waals surface area contributed by atoms with Crippen LogP contribution in [-0.2, 0) is 13.0 Å². The van der Waals surface area contributed by atoms with Crippen molar-refractivity contribution < 1.29 is 14.3 Å². The largest absolute Gasteiger partial charge is 0.493 e. The summed E-state index contributed by atoms with van der Waals surface area (Å²) in [5, 5.41) is 2.84. The lowest BCUT2D eigenvalue weighted by Crippen LogP contribution is -2.39. The Hall–Kier alpha value is -2.76. The van der Waals surface area contributed by atoms with E-state index in [0.29, 0.717) is 12.1 Å². The minimum Gasteiger partial charge on any atom is -0.493 e. The van der Waals surface area contributed by atoms with Crippen LogP contribution >= 0.6 is 0 Å². The molecule has 1 aromatic heterocycles. The summed E-state index contributed by atoms with van der Waals surface area (Å²) in [5.41, 5.74) is 3.90. The number of pyridine rings is 1. The first-order chi connectivity index (χ1) is 13.2. The van der Waals surface area contributed by atoms with Crippen molar-refractivity contribution >= 4 is 11.7 Å². The van der Waals surface area contributed by atoms with Gasteiger partial charge in [0.2, 0.25) is 0 Å². The van der Waals surface area contributed by atoms with Gasteiger partial charge in [-0.05, 0) is 30.2 Å². The fourth-order valence-electron chi connectivity index (χ4n) is 4.15. The Morgan fingerprint density at radius 1 is 1.26 bits per heavy atom. The van der Waals surface area contributed by atoms with Gasteiger partial charge in [0.25, 0.3) is 5.91 Å². The van der Waals surface area contributed by atoms with E-state index in [0.717, 1.165) is 67.5 Å². The summed E-state index contributed by atoms with van der Waals surface area (Å²) in [6, 6.07) is 8.15. The van der Waals surface area contributed by atoms with Crippen molar-refractivity contribution in [1.82, 2.24) is 10.3 Å². The number of carbonyl (C=O) groups excluding carboxylic acids is 1. The summed E-state index contributed by atoms with van der Waals surface area (Å²) in [6.07, 6.45) is 3.10. The Kier molecular flexibility index (Phi) is 3.92. The number of hydrogen-bond donors (Lipinski definition) is 1. The zero-order valence-corrected chi connectivity index (χ0v) is 15.5. The minimum absolute atomic E-state index is 0.0161. The highest BCUT2D eigenvalue weighted by atomic mass is 16.5. The van der Waals surface area contributed by atoms with Gasteiger partial charge in [-0.1, -0.05) is 6.07 Å². The van der Waals surface area contributed by atoms with Crippen LogP contribution in [0.15, 0.2) is 24.3 Å². The van der Waals surface area contributed by atoms with E-state index >= 15 is 0 Å². The van der Waals surface area contributed by atoms with Gasteiger partial charge in [-0.15, -0.1) is 0 Å². The number of ether oxygens (including phenoxy) is 2. The third kappa shape index (κ3) is 2.99. The Balaban J connectivity index is 1.25. The quantitative estimate of drug-likeness (QED) is 0.906. The fourth-order valence-corrected chi connectivity index (χ4v) is 4.15. The van der Waals surface area contributed by atoms with Gasteiger partial charge in [0.1, 0.15) is 23.4 Å². The number of benzene rings is 1. The minimum atomic E-state index is -0.0161. The van der Waals surface area contributed by atoms with Gasteiger partial charge in [0.05, 0.1) is 24.4 Å². The van der Waals surface area contributed by atoms with E-state index < -0.39 is 0 Å². The molecule has 0 bridgehead atoms. The lowest BCUT2D eigenvalue weighted by molar-refractivity contribution is 0.0965. The lowest BCUT2D eigenvalue weighted by atomic mass is 10.1. The molecule has 1 aromatic carbocycles. The van der Waals surface area contributed by atoms with Gasteiger partial charge < -0.3 is 19.7 Å². The van der Waals surface area contributed by atoms with Gasteiger partial charge in [-0.2, -0.15) is 0 Å². The molecule has 4 heterocycles. The first-order valence-electron chi connectivity index (χ1n) is 9.63. The zero-order valence-electron chi connectivity index (χ0n) is 15.5. The number of anilines is 1. The van der Waals surface area contributed by atoms with Crippen molar-refractivity contribution in [2.75, 3.05) is 24.6 Å². The monoisotopic (exact) mass is 365 g/mol. The van der Waals surface area contributed by atoms with Gasteiger partial charge in [0, 0.05) is 38.4 Å². The zero-order chi connectivity index (χ0) is 18.4. The topological polar surface area (TPSA) is 63.7 Å². The second-order valence-electron chi connectivity index (χ2n) is 7.48. The van der Waals surface area contributed by atoms with Crippen LogP contribution in [0.2, 0.25) is 0 Å². The molecule has 3 aliphatic rings. The van der Waals surface area contributed by atoms with Crippen LogP contribution in [0.3, 0.4) is 0 Å². The molecule has 140 valence electrons. The standard InChI is InChI=1S/C21H23N3O3/c1-13-10-17-18(12-22-21(17)25)23-20(13)24-7-4-15(5-8-24)27-16-3-2-14-6-9-26-19(14)11-16/h2-3,10-11,15H,4-9,12H2,1H3,(H,22,25). The number of nitrogens with one attached hydrogen (secondary N) is 1. The number of nitrogens with zero attached hydrogens (tertiary/aromatic N) is 2. The predicted octanol–water partition coefficient (Wildman–Crippen LogP) is 2.62. The Morgan fingerprint density at radius 3 is 2.96 bits per heavy atom. The maximum absolute atomic E-state index is 11.8. The molecule has 6 heteroatoms. The third-order valence-corrected chi connectivity index (χ3v) is 5.64. The molecule has 27 heavy (non-hydrogen) atoms. The van der Waals surface area contributed by atoms with Crippen molar-refractivity contribution in [3.8, 4) is 11.5 Å². The Morgan fingerprint density at radius 2 is 2.11 bits per heavy atom. The number of hydrogen-bond acceptors (Lipinski definition) is 5. The molecule has 0 spiro atoms. The maximum Gasteiger partial charge on any atom is 0.253 e. The average molecular weight is 365 g/mol. The van der Waals surface area contributed by atoms with Crippen molar-refractivity contribution in [1.29, 1.82) is 0 Å². The van der Waals surface area contributed by atoms with E-state index in [1.165, 1.54) is 5.56 Å². The molecule has 1 saturated heterocycles. The molecule has 3 aliphatic heterocycles. The number of rotatable bonds is 3. The van der Waals surface area contributed by atoms with Crippen LogP contribution in [0.25, 0.3) is 0 Å². The molecule has 0 aliphatic carbocycles. The van der Waals surface area contributed by atoms with E-state index in [1.807, 2.05) is 19.1 Å². The molecule has 0 unspecified atom stereocenters. The third-order valence-electron chi connectivity index (χ3n) is 5.64. The van der Waals surface area contributed by atoms with Crippen LogP contribution in [-0.4, -0.2) is 36.7 Å². The number of aromatic nitrogens is 1. The number of fused-ring (bicyclic) bond motifs is 2. The molecule has 1 N–H and O–H groups in total. The van der Waals surface area contributed by atoms with Crippen molar-refractivity contribution in [2.45, 2.75) is 38.8 Å². The van der Waals surface area contributed by atoms with Crippen molar-refractivity contribution in [3.05, 3.63) is 46.6 Å². The SMILES string of the molecule is Cc1cc2c(nc1N1CCC(Oc3ccc4c(c3)OCC4)CC1)CNC2=O. The summed E-state index contributed by atoms with van der Waals surface area (Å²) < 4.78 is 11.8. The van der Waals surface area contributed by atoms with E-state index in [1.54, 1.807) is 0 Å². The van der Waals surface area contributed by atoms with Gasteiger partial charge >= 0.3 is 0 Å². The normalized spacial score (nSPS) is 18.7. The Labute approximate surface area is 158 Å². The lowest BCUT2D eigenvalue weighted by Gasteiger charge is -2.34. The molecule has 6 nitrogen and oxygen atoms in total. The predicted molar refractivity (Wildman–Crippen MR) is 102 cm³/mol. The van der Waals surface area contributed by atoms with Crippen LogP contribution in [0.1, 0.15) is 40.0 Å². The molecule has 5 rings (SSSR count). The summed E-state index contributed by atoms with van der Waals surface area (Å²) in [7, 11) is 0. The van der Waals surface area contributed by atoms with Crippen molar-refractivity contribution in [2.24, 2.45) is 0 Å². The van der Waals surface area contributed by atoms with Gasteiger partial charge in [-0.25, -0.2) is 4.98 Å². The van der Waals surface area contributed by atoms with Crippen LogP contribution in [0.5, 0.6) is 11.5 Å². The van der Waals surface area contributed by atoms with Crippen LogP contribution in [0, 0.1) is 6.92 Å². The highest BCUT2D eigenvalue weighted by Gasteiger charge is 2.27. The molecule has 0 saturated carbocycles. The Bertz CT molecular complexity index is 904. The first-order valence-corrected chi connectivity index (χ1v) is 9.63. The number of piperidine rings is 1. The molecule has 1 fully saturated rings. The van der Waals surface area contributed by atoms with Gasteiger partial charge in [0.15, 0.2) is 0 Å². The van der Waals surface area contributed by atoms with Crippen LogP contribution < -0.4 is 19.7 Å². The van der Waals surface area contributed by atoms with Crippen molar-refractivity contribution in [3.63, 3.8) is 0 Å². The van der Waals surface area contributed by atoms with Gasteiger partial charge in [-0.3, -0.25) is 4.79 Å². The van der Waals surface area contributed by atoms with Crippen LogP contribution in [0.4, 0.5) is 5.82 Å². The smallest absolute Gasteiger partial charge is 0.253 e. The summed E-state index contributed by atoms with van der Waals surface area (Å²) >= 11 is 0. The van der Waals surface area contributed by atoms with E-state index in [4.69, 9.17) is 14.5 Å². The second kappa shape index (κ2) is 6.44. The molecule has 0 radical (unpaired) electrons. The first kappa shape index (κ1) is 16.4. The number of aryl methyl sites for hydroxylation is 1. The highest BCUT2D eigenvalue weighted by Crippen LogP contribution is 2.31.